The molecule has 3 heteroatoms. The molecule has 0 aromatic rings. The highest BCUT2D eigenvalue weighted by Crippen LogP contribution is 2.54. The van der Waals surface area contributed by atoms with E-state index in [1.165, 1.54) is 57.8 Å². The van der Waals surface area contributed by atoms with Gasteiger partial charge in [0.1, 0.15) is 0 Å². The molecule has 0 rings (SSSR count). The Kier molecular flexibility index (Phi) is 11.9. The maximum absolute atomic E-state index is 6.42. The van der Waals surface area contributed by atoms with Crippen molar-refractivity contribution in [2.24, 2.45) is 5.41 Å². The zero-order valence-corrected chi connectivity index (χ0v) is 15.9. The van der Waals surface area contributed by atoms with Gasteiger partial charge < -0.3 is 0 Å². The number of rotatable bonds is 12. The average molecular weight is 344 g/mol. The molecule has 0 aliphatic rings. The Labute approximate surface area is 141 Å². The van der Waals surface area contributed by atoms with E-state index in [4.69, 9.17) is 34.8 Å². The molecule has 20 heavy (non-hydrogen) atoms. The molecular formula is C17H33Cl3. The fraction of sp³-hybridized carbons (Fsp3) is 1.00. The van der Waals surface area contributed by atoms with Crippen LogP contribution < -0.4 is 0 Å². The predicted octanol–water partition coefficient (Wildman–Crippen LogP) is 8.08. The number of hydrogen-bond acceptors (Lipinski definition) is 0. The van der Waals surface area contributed by atoms with E-state index in [1.54, 1.807) is 0 Å². The first-order valence-electron chi connectivity index (χ1n) is 8.50. The Morgan fingerprint density at radius 3 is 1.05 bits per heavy atom. The summed E-state index contributed by atoms with van der Waals surface area (Å²) in [7, 11) is 0. The number of unbranched alkanes of at least 4 members (excludes halogenated alkanes) is 6. The van der Waals surface area contributed by atoms with Crippen LogP contribution in [0.3, 0.4) is 0 Å². The van der Waals surface area contributed by atoms with Gasteiger partial charge in [0.05, 0.1) is 0 Å². The molecule has 0 saturated carbocycles. The predicted molar refractivity (Wildman–Crippen MR) is 95.1 cm³/mol. The average Bonchev–Trinajstić information content (AvgIpc) is 2.37. The maximum Gasteiger partial charge on any atom is 0.196 e. The normalized spacial score (nSPS) is 12.9. The van der Waals surface area contributed by atoms with Crippen molar-refractivity contribution in [2.45, 2.75) is 102 Å². The van der Waals surface area contributed by atoms with Gasteiger partial charge in [0.25, 0.3) is 0 Å². The molecule has 0 radical (unpaired) electrons. The highest BCUT2D eigenvalue weighted by Gasteiger charge is 2.46. The van der Waals surface area contributed by atoms with Crippen molar-refractivity contribution < 1.29 is 0 Å². The third-order valence-electron chi connectivity index (χ3n) is 4.38. The summed E-state index contributed by atoms with van der Waals surface area (Å²) in [4.78, 5) is 0. The summed E-state index contributed by atoms with van der Waals surface area (Å²) < 4.78 is -1.12. The summed E-state index contributed by atoms with van der Waals surface area (Å²) in [5.41, 5.74) is -0.114. The Morgan fingerprint density at radius 1 is 0.550 bits per heavy atom. The van der Waals surface area contributed by atoms with E-state index >= 15 is 0 Å². The molecule has 0 atom stereocenters. The van der Waals surface area contributed by atoms with Gasteiger partial charge >= 0.3 is 0 Å². The zero-order chi connectivity index (χ0) is 15.5. The third-order valence-corrected chi connectivity index (χ3v) is 5.58. The molecule has 0 aromatic carbocycles. The summed E-state index contributed by atoms with van der Waals surface area (Å²) >= 11 is 19.3. The van der Waals surface area contributed by atoms with Gasteiger partial charge in [0, 0.05) is 5.41 Å². The van der Waals surface area contributed by atoms with Crippen molar-refractivity contribution >= 4 is 34.8 Å². The lowest BCUT2D eigenvalue weighted by molar-refractivity contribution is 0.200. The van der Waals surface area contributed by atoms with Crippen LogP contribution in [-0.4, -0.2) is 3.79 Å². The molecule has 0 N–H and O–H groups in total. The van der Waals surface area contributed by atoms with E-state index in [0.29, 0.717) is 0 Å². The second-order valence-electron chi connectivity index (χ2n) is 6.15. The smallest absolute Gasteiger partial charge is 0.0831 e. The fourth-order valence-electron chi connectivity index (χ4n) is 2.94. The van der Waals surface area contributed by atoms with Crippen molar-refractivity contribution in [3.63, 3.8) is 0 Å². The van der Waals surface area contributed by atoms with E-state index in [1.807, 2.05) is 0 Å². The van der Waals surface area contributed by atoms with Gasteiger partial charge in [-0.15, -0.1) is 0 Å². The van der Waals surface area contributed by atoms with Gasteiger partial charge in [-0.25, -0.2) is 0 Å². The van der Waals surface area contributed by atoms with Crippen LogP contribution in [0.5, 0.6) is 0 Å². The Morgan fingerprint density at radius 2 is 0.850 bits per heavy atom. The van der Waals surface area contributed by atoms with Crippen LogP contribution in [0.4, 0.5) is 0 Å². The highest BCUT2D eigenvalue weighted by atomic mass is 35.6. The SMILES string of the molecule is CCCCCC(CCCCC)(CCCCC)C(Cl)(Cl)Cl. The van der Waals surface area contributed by atoms with Crippen LogP contribution in [0.15, 0.2) is 0 Å². The first-order chi connectivity index (χ1) is 9.43. The molecule has 0 nitrogen and oxygen atoms in total. The third kappa shape index (κ3) is 7.76. The van der Waals surface area contributed by atoms with E-state index in [0.717, 1.165) is 19.3 Å². The molecule has 0 amide bonds. The monoisotopic (exact) mass is 342 g/mol. The van der Waals surface area contributed by atoms with Crippen molar-refractivity contribution in [1.82, 2.24) is 0 Å². The Hall–Kier alpha value is 0.870. The lowest BCUT2D eigenvalue weighted by atomic mass is 9.75. The van der Waals surface area contributed by atoms with E-state index in [-0.39, 0.29) is 5.41 Å². The van der Waals surface area contributed by atoms with Crippen LogP contribution in [-0.2, 0) is 0 Å². The molecule has 0 aliphatic carbocycles. The molecule has 0 heterocycles. The van der Waals surface area contributed by atoms with Crippen molar-refractivity contribution in [1.29, 1.82) is 0 Å². The number of halogens is 3. The number of hydrogen-bond donors (Lipinski definition) is 0. The Balaban J connectivity index is 4.77. The van der Waals surface area contributed by atoms with Gasteiger partial charge in [0.2, 0.25) is 0 Å². The summed E-state index contributed by atoms with van der Waals surface area (Å²) in [6.07, 6.45) is 14.1. The standard InChI is InChI=1S/C17H33Cl3/c1-4-7-10-13-16(17(18,19)20,14-11-8-5-2)15-12-9-6-3/h4-15H2,1-3H3. The second-order valence-corrected chi connectivity index (χ2v) is 8.43. The molecule has 122 valence electrons. The van der Waals surface area contributed by atoms with Gasteiger partial charge in [0.15, 0.2) is 3.79 Å². The summed E-state index contributed by atoms with van der Waals surface area (Å²) in [5.74, 6) is 0. The van der Waals surface area contributed by atoms with Crippen LogP contribution in [0.25, 0.3) is 0 Å². The molecule has 0 aromatic heterocycles. The fourth-order valence-corrected chi connectivity index (χ4v) is 3.79. The molecular weight excluding hydrogens is 311 g/mol. The second kappa shape index (κ2) is 11.4. The topological polar surface area (TPSA) is 0 Å². The van der Waals surface area contributed by atoms with Crippen LogP contribution in [0.2, 0.25) is 0 Å². The largest absolute Gasteiger partial charge is 0.196 e. The lowest BCUT2D eigenvalue weighted by Gasteiger charge is -2.40. The minimum Gasteiger partial charge on any atom is -0.0831 e. The van der Waals surface area contributed by atoms with Gasteiger partial charge in [-0.2, -0.15) is 0 Å². The maximum atomic E-state index is 6.42. The zero-order valence-electron chi connectivity index (χ0n) is 13.6. The van der Waals surface area contributed by atoms with Crippen LogP contribution >= 0.6 is 34.8 Å². The molecule has 0 spiro atoms. The summed E-state index contributed by atoms with van der Waals surface area (Å²) in [5, 5.41) is 0. The molecule has 0 fully saturated rings. The van der Waals surface area contributed by atoms with Crippen molar-refractivity contribution in [2.75, 3.05) is 0 Å². The minimum absolute atomic E-state index is 0.114. The highest BCUT2D eigenvalue weighted by molar-refractivity contribution is 6.68. The molecule has 0 saturated heterocycles. The van der Waals surface area contributed by atoms with E-state index < -0.39 is 3.79 Å². The van der Waals surface area contributed by atoms with Crippen LogP contribution in [0, 0.1) is 5.41 Å². The lowest BCUT2D eigenvalue weighted by Crippen LogP contribution is -2.35. The quantitative estimate of drug-likeness (QED) is 0.248. The van der Waals surface area contributed by atoms with Gasteiger partial charge in [-0.05, 0) is 19.3 Å². The summed E-state index contributed by atoms with van der Waals surface area (Å²) in [6, 6.07) is 0. The first-order valence-corrected chi connectivity index (χ1v) is 9.63. The minimum atomic E-state index is -1.12. The Bertz CT molecular complexity index is 194. The first kappa shape index (κ1) is 20.9. The van der Waals surface area contributed by atoms with Gasteiger partial charge in [-0.1, -0.05) is 113 Å². The van der Waals surface area contributed by atoms with E-state index in [9.17, 15) is 0 Å². The number of alkyl halides is 3. The van der Waals surface area contributed by atoms with Crippen molar-refractivity contribution in [3.05, 3.63) is 0 Å². The van der Waals surface area contributed by atoms with Crippen molar-refractivity contribution in [3.8, 4) is 0 Å². The van der Waals surface area contributed by atoms with Gasteiger partial charge in [-0.3, -0.25) is 0 Å². The van der Waals surface area contributed by atoms with E-state index in [2.05, 4.69) is 20.8 Å². The molecule has 0 bridgehead atoms. The van der Waals surface area contributed by atoms with Crippen LogP contribution in [0.1, 0.15) is 97.8 Å². The molecule has 0 unspecified atom stereocenters. The summed E-state index contributed by atoms with van der Waals surface area (Å²) in [6.45, 7) is 6.68. The molecule has 0 aliphatic heterocycles.